The third-order valence-electron chi connectivity index (χ3n) is 3.36. The number of methoxy groups -OCH3 is 1. The van der Waals surface area contributed by atoms with E-state index in [1.165, 1.54) is 13.2 Å². The summed E-state index contributed by atoms with van der Waals surface area (Å²) in [7, 11) is 1.50. The fourth-order valence-electron chi connectivity index (χ4n) is 2.05. The molecule has 0 aliphatic carbocycles. The predicted octanol–water partition coefficient (Wildman–Crippen LogP) is 3.92. The minimum absolute atomic E-state index is 0.263. The zero-order valence-electron chi connectivity index (χ0n) is 11.8. The van der Waals surface area contributed by atoms with Gasteiger partial charge in [0.05, 0.1) is 7.11 Å². The Bertz CT molecular complexity index is 368. The maximum absolute atomic E-state index is 13.4. The van der Waals surface area contributed by atoms with Gasteiger partial charge in [0.1, 0.15) is 0 Å². The molecule has 0 fully saturated rings. The van der Waals surface area contributed by atoms with Crippen molar-refractivity contribution < 1.29 is 9.13 Å². The number of halogens is 1. The van der Waals surface area contributed by atoms with Gasteiger partial charge < -0.3 is 10.1 Å². The van der Waals surface area contributed by atoms with Crippen molar-refractivity contribution in [3.63, 3.8) is 0 Å². The molecular formula is C15H24FNO. The second-order valence-electron chi connectivity index (χ2n) is 4.75. The van der Waals surface area contributed by atoms with E-state index in [1.807, 2.05) is 6.07 Å². The van der Waals surface area contributed by atoms with Gasteiger partial charge in [-0.15, -0.1) is 0 Å². The Morgan fingerprint density at radius 1 is 1.33 bits per heavy atom. The summed E-state index contributed by atoms with van der Waals surface area (Å²) in [5.41, 5.74) is 1.09. The van der Waals surface area contributed by atoms with Crippen molar-refractivity contribution in [2.75, 3.05) is 13.7 Å². The summed E-state index contributed by atoms with van der Waals surface area (Å²) >= 11 is 0. The van der Waals surface area contributed by atoms with E-state index in [9.17, 15) is 4.39 Å². The van der Waals surface area contributed by atoms with Gasteiger partial charge in [0.15, 0.2) is 11.6 Å². The zero-order chi connectivity index (χ0) is 13.5. The molecule has 0 saturated carbocycles. The van der Waals surface area contributed by atoms with Crippen molar-refractivity contribution in [1.29, 1.82) is 0 Å². The Hall–Kier alpha value is -1.09. The summed E-state index contributed by atoms with van der Waals surface area (Å²) in [4.78, 5) is 0. The summed E-state index contributed by atoms with van der Waals surface area (Å²) in [6.07, 6.45) is 2.21. The van der Waals surface area contributed by atoms with Crippen LogP contribution in [0, 0.1) is 11.7 Å². The molecule has 0 heterocycles. The maximum atomic E-state index is 13.4. The van der Waals surface area contributed by atoms with Crippen LogP contribution in [-0.2, 0) is 0 Å². The Balaban J connectivity index is 2.90. The molecule has 0 radical (unpaired) electrons. The molecule has 0 aliphatic heterocycles. The molecule has 0 amide bonds. The van der Waals surface area contributed by atoms with Gasteiger partial charge in [-0.2, -0.15) is 0 Å². The van der Waals surface area contributed by atoms with Crippen LogP contribution in [0.5, 0.6) is 5.75 Å². The van der Waals surface area contributed by atoms with Crippen LogP contribution in [0.1, 0.15) is 45.2 Å². The zero-order valence-corrected chi connectivity index (χ0v) is 11.8. The monoisotopic (exact) mass is 253 g/mol. The fourth-order valence-corrected chi connectivity index (χ4v) is 2.05. The Labute approximate surface area is 110 Å². The highest BCUT2D eigenvalue weighted by molar-refractivity contribution is 5.32. The van der Waals surface area contributed by atoms with Crippen LogP contribution in [0.25, 0.3) is 0 Å². The quantitative estimate of drug-likeness (QED) is 0.795. The van der Waals surface area contributed by atoms with E-state index in [0.717, 1.165) is 24.9 Å². The van der Waals surface area contributed by atoms with E-state index in [2.05, 4.69) is 26.1 Å². The van der Waals surface area contributed by atoms with Crippen LogP contribution in [0.15, 0.2) is 18.2 Å². The van der Waals surface area contributed by atoms with Gasteiger partial charge >= 0.3 is 0 Å². The number of nitrogens with one attached hydrogen (secondary N) is 1. The molecule has 1 aromatic rings. The predicted molar refractivity (Wildman–Crippen MR) is 73.4 cm³/mol. The average Bonchev–Trinajstić information content (AvgIpc) is 2.38. The van der Waals surface area contributed by atoms with Crippen molar-refractivity contribution in [2.45, 2.75) is 39.7 Å². The lowest BCUT2D eigenvalue weighted by Crippen LogP contribution is -2.23. The van der Waals surface area contributed by atoms with Crippen molar-refractivity contribution >= 4 is 0 Å². The lowest BCUT2D eigenvalue weighted by atomic mass is 9.94. The van der Waals surface area contributed by atoms with Crippen molar-refractivity contribution in [2.24, 2.45) is 5.92 Å². The topological polar surface area (TPSA) is 21.3 Å². The van der Waals surface area contributed by atoms with Crippen LogP contribution >= 0.6 is 0 Å². The third-order valence-corrected chi connectivity index (χ3v) is 3.36. The van der Waals surface area contributed by atoms with Crippen molar-refractivity contribution in [3.8, 4) is 5.75 Å². The summed E-state index contributed by atoms with van der Waals surface area (Å²) in [5.74, 6) is 0.657. The lowest BCUT2D eigenvalue weighted by molar-refractivity contribution is 0.379. The SMILES string of the molecule is CCNC(CC(C)CC)c1ccc(F)c(OC)c1. The van der Waals surface area contributed by atoms with Crippen LogP contribution < -0.4 is 10.1 Å². The molecule has 0 aliphatic rings. The normalized spacial score (nSPS) is 14.3. The first-order valence-corrected chi connectivity index (χ1v) is 6.69. The molecule has 102 valence electrons. The van der Waals surface area contributed by atoms with E-state index < -0.39 is 0 Å². The largest absolute Gasteiger partial charge is 0.494 e. The minimum atomic E-state index is -0.306. The molecule has 2 nitrogen and oxygen atoms in total. The molecule has 3 heteroatoms. The number of ether oxygens (including phenoxy) is 1. The molecule has 0 saturated heterocycles. The second-order valence-corrected chi connectivity index (χ2v) is 4.75. The smallest absolute Gasteiger partial charge is 0.165 e. The van der Waals surface area contributed by atoms with Crippen LogP contribution in [0.4, 0.5) is 4.39 Å². The third kappa shape index (κ3) is 3.98. The molecule has 1 aromatic carbocycles. The first-order valence-electron chi connectivity index (χ1n) is 6.69. The first-order chi connectivity index (χ1) is 8.62. The van der Waals surface area contributed by atoms with Gasteiger partial charge in [-0.3, -0.25) is 0 Å². The molecule has 0 spiro atoms. The Kier molecular flexibility index (Phi) is 6.13. The molecule has 1 rings (SSSR count). The van der Waals surface area contributed by atoms with Gasteiger partial charge in [-0.05, 0) is 36.6 Å². The van der Waals surface area contributed by atoms with E-state index in [-0.39, 0.29) is 11.9 Å². The number of rotatable bonds is 7. The summed E-state index contributed by atoms with van der Waals surface area (Å²) in [5, 5.41) is 3.46. The fraction of sp³-hybridized carbons (Fsp3) is 0.600. The Morgan fingerprint density at radius 2 is 2.06 bits per heavy atom. The molecular weight excluding hydrogens is 229 g/mol. The summed E-state index contributed by atoms with van der Waals surface area (Å²) < 4.78 is 18.4. The number of hydrogen-bond donors (Lipinski definition) is 1. The van der Waals surface area contributed by atoms with E-state index in [4.69, 9.17) is 4.74 Å². The highest BCUT2D eigenvalue weighted by atomic mass is 19.1. The molecule has 0 aromatic heterocycles. The van der Waals surface area contributed by atoms with Gasteiger partial charge in [0.2, 0.25) is 0 Å². The van der Waals surface area contributed by atoms with Gasteiger partial charge in [-0.1, -0.05) is 33.3 Å². The van der Waals surface area contributed by atoms with Crippen molar-refractivity contribution in [1.82, 2.24) is 5.32 Å². The minimum Gasteiger partial charge on any atom is -0.494 e. The van der Waals surface area contributed by atoms with Gasteiger partial charge in [0.25, 0.3) is 0 Å². The lowest BCUT2D eigenvalue weighted by Gasteiger charge is -2.22. The summed E-state index contributed by atoms with van der Waals surface area (Å²) in [6.45, 7) is 7.43. The van der Waals surface area contributed by atoms with E-state index in [1.54, 1.807) is 6.07 Å². The van der Waals surface area contributed by atoms with Crippen molar-refractivity contribution in [3.05, 3.63) is 29.6 Å². The van der Waals surface area contributed by atoms with E-state index in [0.29, 0.717) is 11.7 Å². The highest BCUT2D eigenvalue weighted by Crippen LogP contribution is 2.27. The molecule has 1 N–H and O–H groups in total. The summed E-state index contributed by atoms with van der Waals surface area (Å²) in [6, 6.07) is 5.38. The van der Waals surface area contributed by atoms with Crippen LogP contribution in [-0.4, -0.2) is 13.7 Å². The second kappa shape index (κ2) is 7.37. The first kappa shape index (κ1) is 15.0. The maximum Gasteiger partial charge on any atom is 0.165 e. The highest BCUT2D eigenvalue weighted by Gasteiger charge is 2.15. The molecule has 0 bridgehead atoms. The Morgan fingerprint density at radius 3 is 2.61 bits per heavy atom. The van der Waals surface area contributed by atoms with Crippen LogP contribution in [0.2, 0.25) is 0 Å². The molecule has 2 atom stereocenters. The molecule has 2 unspecified atom stereocenters. The van der Waals surface area contributed by atoms with E-state index >= 15 is 0 Å². The van der Waals surface area contributed by atoms with Crippen LogP contribution in [0.3, 0.4) is 0 Å². The standard InChI is InChI=1S/C15H24FNO/c1-5-11(3)9-14(17-6-2)12-7-8-13(16)15(10-12)18-4/h7-8,10-11,14,17H,5-6,9H2,1-4H3. The van der Waals surface area contributed by atoms with Gasteiger partial charge in [-0.25, -0.2) is 4.39 Å². The average molecular weight is 253 g/mol. The number of hydrogen-bond acceptors (Lipinski definition) is 2. The molecule has 18 heavy (non-hydrogen) atoms. The number of benzene rings is 1. The van der Waals surface area contributed by atoms with Gasteiger partial charge in [0, 0.05) is 6.04 Å².